The Labute approximate surface area is 203 Å². The molecule has 2 aromatic carbocycles. The van der Waals surface area contributed by atoms with E-state index < -0.39 is 15.6 Å². The molecular formula is C26H35ClN2O3S. The van der Waals surface area contributed by atoms with Crippen molar-refractivity contribution >= 4 is 21.6 Å². The van der Waals surface area contributed by atoms with E-state index in [4.69, 9.17) is 16.3 Å². The summed E-state index contributed by atoms with van der Waals surface area (Å²) in [7, 11) is -3.32. The van der Waals surface area contributed by atoms with Crippen LogP contribution in [0.25, 0.3) is 0 Å². The molecule has 1 heterocycles. The topological polar surface area (TPSA) is 67.4 Å². The molecule has 0 bridgehead atoms. The average molecular weight is 491 g/mol. The van der Waals surface area contributed by atoms with Crippen LogP contribution < -0.4 is 14.8 Å². The largest absolute Gasteiger partial charge is 0.494 e. The van der Waals surface area contributed by atoms with Gasteiger partial charge in [-0.05, 0) is 94.0 Å². The van der Waals surface area contributed by atoms with Crippen LogP contribution in [0.4, 0.5) is 0 Å². The minimum atomic E-state index is -3.32. The maximum absolute atomic E-state index is 12.2. The van der Waals surface area contributed by atoms with E-state index in [2.05, 4.69) is 34.3 Å². The molecule has 33 heavy (non-hydrogen) atoms. The Balaban J connectivity index is 1.47. The zero-order chi connectivity index (χ0) is 23.7. The molecule has 1 fully saturated rings. The van der Waals surface area contributed by atoms with Crippen molar-refractivity contribution in [3.05, 3.63) is 64.2 Å². The fourth-order valence-corrected chi connectivity index (χ4v) is 6.81. The highest BCUT2D eigenvalue weighted by atomic mass is 35.5. The highest BCUT2D eigenvalue weighted by Crippen LogP contribution is 2.53. The van der Waals surface area contributed by atoms with Crippen LogP contribution >= 0.6 is 11.6 Å². The van der Waals surface area contributed by atoms with E-state index in [-0.39, 0.29) is 17.2 Å². The van der Waals surface area contributed by atoms with Crippen LogP contribution in [0.2, 0.25) is 5.02 Å². The van der Waals surface area contributed by atoms with E-state index in [9.17, 15) is 8.42 Å². The van der Waals surface area contributed by atoms with Gasteiger partial charge in [0.25, 0.3) is 0 Å². The number of rotatable bonds is 8. The predicted molar refractivity (Wildman–Crippen MR) is 135 cm³/mol. The lowest BCUT2D eigenvalue weighted by molar-refractivity contribution is 0.164. The highest BCUT2D eigenvalue weighted by Gasteiger charge is 2.47. The molecular weight excluding hydrogens is 456 g/mol. The Morgan fingerprint density at radius 1 is 1.15 bits per heavy atom. The lowest BCUT2D eigenvalue weighted by atomic mass is 9.58. The maximum atomic E-state index is 12.2. The first-order valence-electron chi connectivity index (χ1n) is 11.8. The highest BCUT2D eigenvalue weighted by molar-refractivity contribution is 7.89. The molecule has 0 amide bonds. The Bertz CT molecular complexity index is 1070. The van der Waals surface area contributed by atoms with Crippen LogP contribution in [0.15, 0.2) is 42.5 Å². The molecule has 1 saturated carbocycles. The third-order valence-electron chi connectivity index (χ3n) is 6.68. The van der Waals surface area contributed by atoms with Gasteiger partial charge in [0.05, 0.1) is 12.4 Å². The second-order valence-electron chi connectivity index (χ2n) is 10.4. The lowest BCUT2D eigenvalue weighted by Crippen LogP contribution is -2.49. The second kappa shape index (κ2) is 9.57. The van der Waals surface area contributed by atoms with Gasteiger partial charge in [-0.3, -0.25) is 0 Å². The molecule has 1 atom stereocenters. The number of fused-ring (bicyclic) bond motifs is 1. The maximum Gasteiger partial charge on any atom is 0.212 e. The molecule has 7 heteroatoms. The van der Waals surface area contributed by atoms with Crippen LogP contribution in [0, 0.1) is 0 Å². The van der Waals surface area contributed by atoms with E-state index in [1.54, 1.807) is 0 Å². The van der Waals surface area contributed by atoms with Gasteiger partial charge in [0.15, 0.2) is 0 Å². The van der Waals surface area contributed by atoms with Crippen molar-refractivity contribution < 1.29 is 13.2 Å². The molecule has 0 saturated heterocycles. The van der Waals surface area contributed by atoms with Gasteiger partial charge >= 0.3 is 0 Å². The smallest absolute Gasteiger partial charge is 0.212 e. The second-order valence-corrected chi connectivity index (χ2v) is 12.7. The van der Waals surface area contributed by atoms with Crippen molar-refractivity contribution in [2.75, 3.05) is 18.9 Å². The number of halogens is 1. The first-order chi connectivity index (χ1) is 15.6. The third kappa shape index (κ3) is 5.73. The van der Waals surface area contributed by atoms with Gasteiger partial charge in [-0.2, -0.15) is 0 Å². The summed E-state index contributed by atoms with van der Waals surface area (Å²) in [5.41, 5.74) is 3.61. The zero-order valence-corrected chi connectivity index (χ0v) is 21.4. The van der Waals surface area contributed by atoms with Crippen LogP contribution in [0.3, 0.4) is 0 Å². The monoisotopic (exact) mass is 490 g/mol. The summed E-state index contributed by atoms with van der Waals surface area (Å²) in [4.78, 5) is 0. The number of sulfonamides is 1. The van der Waals surface area contributed by atoms with Crippen molar-refractivity contribution in [2.45, 2.75) is 69.9 Å². The van der Waals surface area contributed by atoms with Crippen LogP contribution in [-0.4, -0.2) is 32.9 Å². The first-order valence-corrected chi connectivity index (χ1v) is 13.9. The quantitative estimate of drug-likeness (QED) is 0.503. The van der Waals surface area contributed by atoms with Crippen molar-refractivity contribution in [2.24, 2.45) is 0 Å². The van der Waals surface area contributed by atoms with E-state index in [1.807, 2.05) is 39.0 Å². The molecule has 2 aliphatic rings. The van der Waals surface area contributed by atoms with Crippen LogP contribution in [0.5, 0.6) is 5.75 Å². The Morgan fingerprint density at radius 2 is 1.88 bits per heavy atom. The molecule has 180 valence electrons. The van der Waals surface area contributed by atoms with Gasteiger partial charge < -0.3 is 10.1 Å². The van der Waals surface area contributed by atoms with E-state index in [0.717, 1.165) is 36.6 Å². The number of nitrogens with one attached hydrogen (secondary N) is 2. The Morgan fingerprint density at radius 3 is 2.52 bits per heavy atom. The van der Waals surface area contributed by atoms with Crippen molar-refractivity contribution in [3.63, 3.8) is 0 Å². The number of hydrogen-bond acceptors (Lipinski definition) is 4. The van der Waals surface area contributed by atoms with E-state index in [1.165, 1.54) is 23.1 Å². The summed E-state index contributed by atoms with van der Waals surface area (Å²) in [6.07, 6.45) is 4.97. The minimum Gasteiger partial charge on any atom is -0.494 e. The van der Waals surface area contributed by atoms with Crippen LogP contribution in [0.1, 0.15) is 69.2 Å². The summed E-state index contributed by atoms with van der Waals surface area (Å²) in [5, 5.41) is 4.56. The number of ether oxygens (including phenoxy) is 1. The Kier molecular flexibility index (Phi) is 7.11. The lowest BCUT2D eigenvalue weighted by Gasteiger charge is -2.50. The first kappa shape index (κ1) is 24.5. The molecule has 1 aliphatic heterocycles. The van der Waals surface area contributed by atoms with E-state index in [0.29, 0.717) is 13.0 Å². The molecule has 2 aromatic rings. The molecule has 1 unspecified atom stereocenters. The van der Waals surface area contributed by atoms with Crippen molar-refractivity contribution in [3.8, 4) is 5.75 Å². The summed E-state index contributed by atoms with van der Waals surface area (Å²) in [6.45, 7) is 6.86. The molecule has 1 aliphatic carbocycles. The summed E-state index contributed by atoms with van der Waals surface area (Å²) >= 11 is 6.16. The van der Waals surface area contributed by atoms with Gasteiger partial charge in [-0.15, -0.1) is 0 Å². The van der Waals surface area contributed by atoms with Gasteiger partial charge in [-0.25, -0.2) is 13.1 Å². The summed E-state index contributed by atoms with van der Waals surface area (Å²) < 4.78 is 33.1. The Hall–Kier alpha value is -1.60. The molecule has 0 spiro atoms. The van der Waals surface area contributed by atoms with Gasteiger partial charge in [0.1, 0.15) is 5.75 Å². The number of hydrogen-bond donors (Lipinski definition) is 2. The molecule has 0 radical (unpaired) electrons. The normalized spacial score (nSPS) is 20.1. The van der Waals surface area contributed by atoms with Gasteiger partial charge in [0, 0.05) is 22.0 Å². The molecule has 2 N–H and O–H groups in total. The fourth-order valence-electron chi connectivity index (χ4n) is 5.15. The third-order valence-corrected chi connectivity index (χ3v) is 8.68. The molecule has 4 rings (SSSR count). The average Bonchev–Trinajstić information content (AvgIpc) is 2.70. The van der Waals surface area contributed by atoms with Crippen molar-refractivity contribution in [1.82, 2.24) is 10.0 Å². The SMILES string of the molecule is CC(C)(C)NS(=O)(=O)CCCOc1ccc2c(c1)C(C1(c3ccc(Cl)cc3)CCC1)NCC2. The van der Waals surface area contributed by atoms with Crippen molar-refractivity contribution in [1.29, 1.82) is 0 Å². The zero-order valence-electron chi connectivity index (χ0n) is 19.8. The summed E-state index contributed by atoms with van der Waals surface area (Å²) in [6, 6.07) is 14.9. The summed E-state index contributed by atoms with van der Waals surface area (Å²) in [5.74, 6) is 0.855. The predicted octanol–water partition coefficient (Wildman–Crippen LogP) is 5.14. The van der Waals surface area contributed by atoms with Gasteiger partial charge in [-0.1, -0.05) is 36.2 Å². The molecule has 0 aromatic heterocycles. The molecule has 5 nitrogen and oxygen atoms in total. The standard InChI is InChI=1S/C26H35ClN2O3S/c1-25(2,3)29-33(30,31)17-5-16-32-22-11-6-19-12-15-28-24(23(19)18-22)26(13-4-14-26)20-7-9-21(27)10-8-20/h6-11,18,24,28-29H,4-5,12-17H2,1-3H3. The van der Waals surface area contributed by atoms with Crippen LogP contribution in [-0.2, 0) is 21.9 Å². The minimum absolute atomic E-state index is 0.0546. The van der Waals surface area contributed by atoms with Gasteiger partial charge in [0.2, 0.25) is 10.0 Å². The fraction of sp³-hybridized carbons (Fsp3) is 0.538. The number of benzene rings is 2. The van der Waals surface area contributed by atoms with E-state index >= 15 is 0 Å².